The number of benzene rings is 1. The number of hydrogen-bond acceptors (Lipinski definition) is 4. The van der Waals surface area contributed by atoms with E-state index in [4.69, 9.17) is 5.14 Å². The van der Waals surface area contributed by atoms with Crippen molar-refractivity contribution in [3.63, 3.8) is 0 Å². The van der Waals surface area contributed by atoms with Crippen LogP contribution in [0.4, 0.5) is 0 Å². The molecule has 1 aliphatic rings. The highest BCUT2D eigenvalue weighted by atomic mass is 127. The van der Waals surface area contributed by atoms with Gasteiger partial charge in [0.2, 0.25) is 15.9 Å². The zero-order valence-corrected chi connectivity index (χ0v) is 15.2. The number of carboxylic acid groups (broad SMARTS) is 1. The molecule has 0 aromatic heterocycles. The normalized spacial score (nSPS) is 19.8. The molecule has 1 aromatic rings. The van der Waals surface area contributed by atoms with Gasteiger partial charge in [-0.05, 0) is 40.3 Å². The number of hydrogen-bond donors (Lipinski definition) is 2. The van der Waals surface area contributed by atoms with E-state index in [9.17, 15) is 23.1 Å². The molecule has 1 unspecified atom stereocenters. The van der Waals surface area contributed by atoms with Crippen molar-refractivity contribution >= 4 is 44.5 Å². The summed E-state index contributed by atoms with van der Waals surface area (Å²) in [5.41, 5.74) is 0.806. The number of likely N-dealkylation sites (tertiary alicyclic amines) is 1. The molecule has 0 saturated carbocycles. The Morgan fingerprint density at radius 3 is 2.52 bits per heavy atom. The average molecular weight is 452 g/mol. The molecule has 1 aliphatic heterocycles. The number of primary sulfonamides is 1. The fraction of sp³-hybridized carbons (Fsp3) is 0.429. The van der Waals surface area contributed by atoms with Gasteiger partial charge in [0, 0.05) is 28.9 Å². The number of carbonyl (C=O) groups is 2. The monoisotopic (exact) mass is 452 g/mol. The van der Waals surface area contributed by atoms with Gasteiger partial charge in [-0.15, -0.1) is 0 Å². The first-order valence-corrected chi connectivity index (χ1v) is 9.72. The number of nitrogens with two attached hydrogens (primary N) is 1. The SMILES string of the molecule is NS(=O)(=O)CC1CC(=O)N([C@@H](Cc2ccc(I)cc2)C(=O)O)C1. The van der Waals surface area contributed by atoms with Crippen molar-refractivity contribution in [2.45, 2.75) is 18.9 Å². The predicted octanol–water partition coefficient (Wildman–Crippen LogP) is 0.424. The second-order valence-corrected chi connectivity index (χ2v) is 8.54. The quantitative estimate of drug-likeness (QED) is 0.607. The number of carboxylic acids is 1. The van der Waals surface area contributed by atoms with Crippen LogP contribution in [0.25, 0.3) is 0 Å². The fourth-order valence-corrected chi connectivity index (χ4v) is 3.96. The molecule has 126 valence electrons. The van der Waals surface area contributed by atoms with E-state index in [0.717, 1.165) is 9.13 Å². The van der Waals surface area contributed by atoms with E-state index in [1.807, 2.05) is 24.3 Å². The number of nitrogens with zero attached hydrogens (tertiary/aromatic N) is 1. The van der Waals surface area contributed by atoms with Crippen molar-refractivity contribution in [2.75, 3.05) is 12.3 Å². The van der Waals surface area contributed by atoms with Gasteiger partial charge in [-0.2, -0.15) is 0 Å². The third kappa shape index (κ3) is 5.15. The highest BCUT2D eigenvalue weighted by Gasteiger charge is 2.38. The molecule has 9 heteroatoms. The summed E-state index contributed by atoms with van der Waals surface area (Å²) in [6.07, 6.45) is 0.187. The van der Waals surface area contributed by atoms with Gasteiger partial charge in [0.15, 0.2) is 0 Å². The summed E-state index contributed by atoms with van der Waals surface area (Å²) in [4.78, 5) is 24.9. The Balaban J connectivity index is 2.13. The van der Waals surface area contributed by atoms with E-state index in [1.165, 1.54) is 4.90 Å². The van der Waals surface area contributed by atoms with Crippen LogP contribution in [0, 0.1) is 9.49 Å². The minimum absolute atomic E-state index is 0.00684. The molecule has 2 rings (SSSR count). The molecule has 1 aromatic carbocycles. The van der Waals surface area contributed by atoms with Crippen LogP contribution in [-0.4, -0.2) is 48.6 Å². The van der Waals surface area contributed by atoms with Gasteiger partial charge in [-0.3, -0.25) is 4.79 Å². The number of amides is 1. The molecule has 1 amide bonds. The fourth-order valence-electron chi connectivity index (χ4n) is 2.72. The van der Waals surface area contributed by atoms with Gasteiger partial charge in [0.1, 0.15) is 6.04 Å². The number of carbonyl (C=O) groups excluding carboxylic acids is 1. The van der Waals surface area contributed by atoms with Crippen LogP contribution in [0.1, 0.15) is 12.0 Å². The zero-order chi connectivity index (χ0) is 17.2. The summed E-state index contributed by atoms with van der Waals surface area (Å²) in [6, 6.07) is 6.36. The van der Waals surface area contributed by atoms with E-state index in [2.05, 4.69) is 22.6 Å². The van der Waals surface area contributed by atoms with Gasteiger partial charge in [0.25, 0.3) is 0 Å². The van der Waals surface area contributed by atoms with Crippen LogP contribution >= 0.6 is 22.6 Å². The van der Waals surface area contributed by atoms with Crippen LogP contribution in [0.15, 0.2) is 24.3 Å². The summed E-state index contributed by atoms with van der Waals surface area (Å²) >= 11 is 2.15. The molecule has 1 fully saturated rings. The summed E-state index contributed by atoms with van der Waals surface area (Å²) in [5, 5.41) is 14.5. The number of sulfonamides is 1. The van der Waals surface area contributed by atoms with E-state index in [-0.39, 0.29) is 31.0 Å². The van der Waals surface area contributed by atoms with Gasteiger partial charge >= 0.3 is 5.97 Å². The largest absolute Gasteiger partial charge is 0.480 e. The molecular weight excluding hydrogens is 435 g/mol. The molecule has 2 atom stereocenters. The van der Waals surface area contributed by atoms with Crippen molar-refractivity contribution in [1.82, 2.24) is 4.90 Å². The van der Waals surface area contributed by atoms with E-state index >= 15 is 0 Å². The third-order valence-electron chi connectivity index (χ3n) is 3.71. The summed E-state index contributed by atoms with van der Waals surface area (Å²) in [5.74, 6) is -2.23. The molecule has 1 saturated heterocycles. The predicted molar refractivity (Wildman–Crippen MR) is 92.1 cm³/mol. The smallest absolute Gasteiger partial charge is 0.326 e. The van der Waals surface area contributed by atoms with Crippen molar-refractivity contribution in [1.29, 1.82) is 0 Å². The van der Waals surface area contributed by atoms with Crippen LogP contribution in [0.3, 0.4) is 0 Å². The van der Waals surface area contributed by atoms with Crippen molar-refractivity contribution < 1.29 is 23.1 Å². The lowest BCUT2D eigenvalue weighted by Gasteiger charge is -2.25. The van der Waals surface area contributed by atoms with Crippen LogP contribution in [-0.2, 0) is 26.0 Å². The van der Waals surface area contributed by atoms with E-state index in [0.29, 0.717) is 0 Å². The lowest BCUT2D eigenvalue weighted by atomic mass is 10.0. The maximum Gasteiger partial charge on any atom is 0.326 e. The Morgan fingerprint density at radius 2 is 2.00 bits per heavy atom. The standard InChI is InChI=1S/C14H17IN2O5S/c15-11-3-1-9(2-4-11)5-12(14(19)20)17-7-10(6-13(17)18)8-23(16,21)22/h1-4,10,12H,5-8H2,(H,19,20)(H2,16,21,22)/t10?,12-/m0/s1. The van der Waals surface area contributed by atoms with Gasteiger partial charge in [-0.25, -0.2) is 18.4 Å². The molecule has 0 spiro atoms. The maximum atomic E-state index is 12.1. The number of aliphatic carboxylic acids is 1. The van der Waals surface area contributed by atoms with Crippen molar-refractivity contribution in [2.24, 2.45) is 11.1 Å². The molecule has 1 heterocycles. The Kier molecular flexibility index (Phi) is 5.63. The Morgan fingerprint density at radius 1 is 1.39 bits per heavy atom. The van der Waals surface area contributed by atoms with E-state index < -0.39 is 28.0 Å². The molecule has 0 aliphatic carbocycles. The summed E-state index contributed by atoms with van der Waals surface area (Å²) in [7, 11) is -3.69. The third-order valence-corrected chi connectivity index (χ3v) is 5.37. The van der Waals surface area contributed by atoms with Crippen LogP contribution in [0.5, 0.6) is 0 Å². The van der Waals surface area contributed by atoms with Gasteiger partial charge < -0.3 is 10.0 Å². The Labute approximate surface area is 148 Å². The maximum absolute atomic E-state index is 12.1. The summed E-state index contributed by atoms with van der Waals surface area (Å²) < 4.78 is 23.3. The first-order chi connectivity index (χ1) is 10.7. The second kappa shape index (κ2) is 7.14. The van der Waals surface area contributed by atoms with E-state index in [1.54, 1.807) is 0 Å². The topological polar surface area (TPSA) is 118 Å². The highest BCUT2D eigenvalue weighted by molar-refractivity contribution is 14.1. The van der Waals surface area contributed by atoms with Gasteiger partial charge in [0.05, 0.1) is 5.75 Å². The molecule has 23 heavy (non-hydrogen) atoms. The molecular formula is C14H17IN2O5S. The lowest BCUT2D eigenvalue weighted by Crippen LogP contribution is -2.44. The molecule has 3 N–H and O–H groups in total. The highest BCUT2D eigenvalue weighted by Crippen LogP contribution is 2.23. The zero-order valence-electron chi connectivity index (χ0n) is 12.2. The molecule has 7 nitrogen and oxygen atoms in total. The van der Waals surface area contributed by atoms with Crippen molar-refractivity contribution in [3.05, 3.63) is 33.4 Å². The lowest BCUT2D eigenvalue weighted by molar-refractivity contribution is -0.148. The Hall–Kier alpha value is -1.20. The first kappa shape index (κ1) is 18.1. The first-order valence-electron chi connectivity index (χ1n) is 6.93. The van der Waals surface area contributed by atoms with Crippen LogP contribution < -0.4 is 5.14 Å². The second-order valence-electron chi connectivity index (χ2n) is 5.63. The molecule has 0 bridgehead atoms. The average Bonchev–Trinajstić information content (AvgIpc) is 2.76. The number of halogens is 1. The minimum atomic E-state index is -3.69. The minimum Gasteiger partial charge on any atom is -0.480 e. The van der Waals surface area contributed by atoms with Crippen molar-refractivity contribution in [3.8, 4) is 0 Å². The van der Waals surface area contributed by atoms with Gasteiger partial charge in [-0.1, -0.05) is 12.1 Å². The van der Waals surface area contributed by atoms with Crippen LogP contribution in [0.2, 0.25) is 0 Å². The Bertz CT molecular complexity index is 704. The molecule has 0 radical (unpaired) electrons. The number of rotatable bonds is 6. The summed E-state index contributed by atoms with van der Waals surface area (Å²) in [6.45, 7) is 0.0938.